The monoisotopic (exact) mass is 462 g/mol. The van der Waals surface area contributed by atoms with Crippen molar-refractivity contribution in [2.45, 2.75) is 98.3 Å². The molecule has 2 fully saturated rings. The van der Waals surface area contributed by atoms with Gasteiger partial charge in [-0.2, -0.15) is 0 Å². The highest BCUT2D eigenvalue weighted by molar-refractivity contribution is 5.66. The minimum Gasteiger partial charge on any atom is -0.457 e. The highest BCUT2D eigenvalue weighted by atomic mass is 16.7. The van der Waals surface area contributed by atoms with E-state index in [2.05, 4.69) is 41.5 Å². The molecule has 0 bridgehead atoms. The number of rotatable bonds is 8. The van der Waals surface area contributed by atoms with Gasteiger partial charge >= 0.3 is 5.97 Å². The van der Waals surface area contributed by atoms with Crippen molar-refractivity contribution >= 4 is 5.97 Å². The van der Waals surface area contributed by atoms with E-state index in [0.29, 0.717) is 25.0 Å². The standard InChI is InChI=1S/C27H42O6/c1-8-23-25(18(4)16(2)20(6)30-23)33-27-26(31-21(7)28)19(5)17(3)24(32-27)15-29-14-22-12-10-9-11-13-22/h9-13,16-20,23-27H,8,14-15H2,1-7H3/t16?,17-,18-,19+,20+,23?,24?,25+,26?,27+/m1/s1. The second-order valence-electron chi connectivity index (χ2n) is 9.94. The smallest absolute Gasteiger partial charge is 0.303 e. The molecule has 2 aliphatic rings. The number of hydrogen-bond acceptors (Lipinski definition) is 6. The van der Waals surface area contributed by atoms with Crippen molar-refractivity contribution in [2.24, 2.45) is 23.7 Å². The van der Waals surface area contributed by atoms with Gasteiger partial charge in [0.1, 0.15) is 0 Å². The third-order valence-corrected chi connectivity index (χ3v) is 7.74. The summed E-state index contributed by atoms with van der Waals surface area (Å²) in [5.41, 5.74) is 1.13. The van der Waals surface area contributed by atoms with Crippen molar-refractivity contribution in [3.8, 4) is 0 Å². The van der Waals surface area contributed by atoms with Crippen LogP contribution in [0.3, 0.4) is 0 Å². The van der Waals surface area contributed by atoms with Gasteiger partial charge in [0.15, 0.2) is 12.4 Å². The van der Waals surface area contributed by atoms with Crippen molar-refractivity contribution < 1.29 is 28.5 Å². The number of ether oxygens (including phenoxy) is 5. The van der Waals surface area contributed by atoms with Gasteiger partial charge in [0, 0.05) is 12.8 Å². The lowest BCUT2D eigenvalue weighted by molar-refractivity contribution is -0.318. The SMILES string of the molecule is CCC1O[C@@H](C)C(C)[C@@H](C)[C@@H]1O[C@@H]1OC(COCc2ccccc2)[C@H](C)[C@H](C)C1OC(C)=O. The van der Waals surface area contributed by atoms with Gasteiger partial charge in [0.25, 0.3) is 0 Å². The van der Waals surface area contributed by atoms with Crippen LogP contribution in [-0.4, -0.2) is 49.4 Å². The van der Waals surface area contributed by atoms with E-state index >= 15 is 0 Å². The van der Waals surface area contributed by atoms with E-state index in [1.54, 1.807) is 0 Å². The van der Waals surface area contributed by atoms with Gasteiger partial charge < -0.3 is 23.7 Å². The Balaban J connectivity index is 1.73. The summed E-state index contributed by atoms with van der Waals surface area (Å²) in [7, 11) is 0. The van der Waals surface area contributed by atoms with Crippen LogP contribution in [0, 0.1) is 23.7 Å². The fourth-order valence-corrected chi connectivity index (χ4v) is 5.02. The quantitative estimate of drug-likeness (QED) is 0.508. The minimum atomic E-state index is -0.656. The Labute approximate surface area is 199 Å². The van der Waals surface area contributed by atoms with Crippen molar-refractivity contribution in [1.29, 1.82) is 0 Å². The number of esters is 1. The maximum Gasteiger partial charge on any atom is 0.303 e. The van der Waals surface area contributed by atoms with Crippen LogP contribution in [0.15, 0.2) is 30.3 Å². The van der Waals surface area contributed by atoms with E-state index in [4.69, 9.17) is 23.7 Å². The molecule has 1 aromatic carbocycles. The van der Waals surface area contributed by atoms with Crippen molar-refractivity contribution in [1.82, 2.24) is 0 Å². The molecule has 0 amide bonds. The topological polar surface area (TPSA) is 63.2 Å². The molecular formula is C27H42O6. The van der Waals surface area contributed by atoms with Crippen LogP contribution in [0.5, 0.6) is 0 Å². The number of hydrogen-bond donors (Lipinski definition) is 0. The summed E-state index contributed by atoms with van der Waals surface area (Å²) in [4.78, 5) is 11.9. The number of carbonyl (C=O) groups excluding carboxylic acids is 1. The molecule has 6 heteroatoms. The second-order valence-corrected chi connectivity index (χ2v) is 9.94. The fraction of sp³-hybridized carbons (Fsp3) is 0.741. The van der Waals surface area contributed by atoms with Crippen LogP contribution in [0.2, 0.25) is 0 Å². The predicted molar refractivity (Wildman–Crippen MR) is 126 cm³/mol. The third-order valence-electron chi connectivity index (χ3n) is 7.74. The molecule has 0 aliphatic carbocycles. The highest BCUT2D eigenvalue weighted by Gasteiger charge is 2.48. The van der Waals surface area contributed by atoms with E-state index in [1.165, 1.54) is 6.92 Å². The molecule has 1 aromatic rings. The van der Waals surface area contributed by atoms with Crippen LogP contribution >= 0.6 is 0 Å². The Kier molecular flexibility index (Phi) is 9.34. The first kappa shape index (κ1) is 26.1. The number of benzene rings is 1. The zero-order valence-corrected chi connectivity index (χ0v) is 21.2. The van der Waals surface area contributed by atoms with Crippen LogP contribution < -0.4 is 0 Å². The largest absolute Gasteiger partial charge is 0.457 e. The summed E-state index contributed by atoms with van der Waals surface area (Å²) in [5.74, 6) is 0.537. The zero-order chi connectivity index (χ0) is 24.1. The molecule has 0 saturated carbocycles. The fourth-order valence-electron chi connectivity index (χ4n) is 5.02. The second kappa shape index (κ2) is 11.8. The Morgan fingerprint density at radius 3 is 2.18 bits per heavy atom. The minimum absolute atomic E-state index is 0.0183. The molecule has 186 valence electrons. The normalized spacial score (nSPS) is 39.2. The molecule has 2 aliphatic heterocycles. The Hall–Kier alpha value is -1.47. The van der Waals surface area contributed by atoms with E-state index in [1.807, 2.05) is 30.3 Å². The van der Waals surface area contributed by atoms with Crippen molar-refractivity contribution in [2.75, 3.05) is 6.61 Å². The summed E-state index contributed by atoms with van der Waals surface area (Å²) in [5, 5.41) is 0. The molecule has 10 atom stereocenters. The first-order valence-electron chi connectivity index (χ1n) is 12.5. The molecule has 4 unspecified atom stereocenters. The molecule has 6 nitrogen and oxygen atoms in total. The first-order valence-corrected chi connectivity index (χ1v) is 12.5. The molecule has 2 saturated heterocycles. The van der Waals surface area contributed by atoms with E-state index < -0.39 is 12.4 Å². The van der Waals surface area contributed by atoms with Crippen LogP contribution in [0.25, 0.3) is 0 Å². The number of carbonyl (C=O) groups is 1. The van der Waals surface area contributed by atoms with E-state index in [9.17, 15) is 4.79 Å². The van der Waals surface area contributed by atoms with Gasteiger partial charge in [-0.25, -0.2) is 0 Å². The zero-order valence-electron chi connectivity index (χ0n) is 21.2. The van der Waals surface area contributed by atoms with Crippen molar-refractivity contribution in [3.05, 3.63) is 35.9 Å². The van der Waals surface area contributed by atoms with Gasteiger partial charge in [0.2, 0.25) is 0 Å². The average molecular weight is 463 g/mol. The maximum absolute atomic E-state index is 11.9. The maximum atomic E-state index is 11.9. The summed E-state index contributed by atoms with van der Waals surface area (Å²) in [6.07, 6.45) is -0.396. The molecule has 33 heavy (non-hydrogen) atoms. The Bertz CT molecular complexity index is 737. The molecule has 0 radical (unpaired) electrons. The van der Waals surface area contributed by atoms with Gasteiger partial charge in [-0.3, -0.25) is 4.79 Å². The lowest BCUT2D eigenvalue weighted by Gasteiger charge is -2.48. The summed E-state index contributed by atoms with van der Waals surface area (Å²) < 4.78 is 31.1. The highest BCUT2D eigenvalue weighted by Crippen LogP contribution is 2.39. The lowest BCUT2D eigenvalue weighted by atomic mass is 9.80. The molecule has 3 rings (SSSR count). The molecule has 0 N–H and O–H groups in total. The molecule has 0 spiro atoms. The molecule has 0 aromatic heterocycles. The van der Waals surface area contributed by atoms with Gasteiger partial charge in [-0.15, -0.1) is 0 Å². The average Bonchev–Trinajstić information content (AvgIpc) is 2.80. The van der Waals surface area contributed by atoms with Crippen LogP contribution in [0.1, 0.15) is 60.5 Å². The predicted octanol–water partition coefficient (Wildman–Crippen LogP) is 4.99. The Morgan fingerprint density at radius 2 is 1.55 bits per heavy atom. The summed E-state index contributed by atoms with van der Waals surface area (Å²) >= 11 is 0. The molecule has 2 heterocycles. The van der Waals surface area contributed by atoms with Crippen molar-refractivity contribution in [3.63, 3.8) is 0 Å². The van der Waals surface area contributed by atoms with E-state index in [-0.39, 0.29) is 42.2 Å². The summed E-state index contributed by atoms with van der Waals surface area (Å²) in [6.45, 7) is 15.3. The van der Waals surface area contributed by atoms with E-state index in [0.717, 1.165) is 12.0 Å². The van der Waals surface area contributed by atoms with Gasteiger partial charge in [-0.1, -0.05) is 65.0 Å². The lowest BCUT2D eigenvalue weighted by Crippen LogP contribution is -2.57. The van der Waals surface area contributed by atoms with Crippen LogP contribution in [-0.2, 0) is 35.1 Å². The summed E-state index contributed by atoms with van der Waals surface area (Å²) in [6, 6.07) is 10.1. The molecular weight excluding hydrogens is 420 g/mol. The van der Waals surface area contributed by atoms with Crippen LogP contribution in [0.4, 0.5) is 0 Å². The first-order chi connectivity index (χ1) is 15.7. The Morgan fingerprint density at radius 1 is 0.879 bits per heavy atom. The van der Waals surface area contributed by atoms with Gasteiger partial charge in [-0.05, 0) is 36.7 Å². The van der Waals surface area contributed by atoms with Gasteiger partial charge in [0.05, 0.1) is 37.6 Å². The third kappa shape index (κ3) is 6.36.